The Labute approximate surface area is 67.7 Å². The molecule has 0 heterocycles. The van der Waals surface area contributed by atoms with Crippen molar-refractivity contribution in [2.24, 2.45) is 0 Å². The molecule has 0 aromatic heterocycles. The standard InChI is InChI=1S/C8H15ClO/c1-3-8(10)5-4-7(2)6-9/h6,8,10H,3-5H2,1-2H3/b7-6+. The first kappa shape index (κ1) is 9.99. The summed E-state index contributed by atoms with van der Waals surface area (Å²) >= 11 is 5.43. The minimum absolute atomic E-state index is 0.161. The van der Waals surface area contributed by atoms with E-state index in [2.05, 4.69) is 0 Å². The van der Waals surface area contributed by atoms with E-state index in [1.807, 2.05) is 13.8 Å². The number of hydrogen-bond donors (Lipinski definition) is 1. The molecule has 1 nitrogen and oxygen atoms in total. The largest absolute Gasteiger partial charge is 0.393 e. The number of allylic oxidation sites excluding steroid dienone is 1. The van der Waals surface area contributed by atoms with Crippen LogP contribution in [0, 0.1) is 0 Å². The molecule has 0 aromatic rings. The van der Waals surface area contributed by atoms with Gasteiger partial charge in [-0.1, -0.05) is 24.1 Å². The molecule has 10 heavy (non-hydrogen) atoms. The van der Waals surface area contributed by atoms with E-state index in [1.54, 1.807) is 5.54 Å². The predicted molar refractivity (Wildman–Crippen MR) is 45.1 cm³/mol. The zero-order chi connectivity index (χ0) is 7.98. The van der Waals surface area contributed by atoms with Crippen LogP contribution in [0.4, 0.5) is 0 Å². The molecule has 0 bridgehead atoms. The summed E-state index contributed by atoms with van der Waals surface area (Å²) < 4.78 is 0. The molecule has 0 fully saturated rings. The lowest BCUT2D eigenvalue weighted by Crippen LogP contribution is -2.03. The van der Waals surface area contributed by atoms with Crippen molar-refractivity contribution >= 4 is 11.6 Å². The van der Waals surface area contributed by atoms with E-state index in [-0.39, 0.29) is 6.10 Å². The Morgan fingerprint density at radius 1 is 1.70 bits per heavy atom. The lowest BCUT2D eigenvalue weighted by Gasteiger charge is -2.05. The maximum atomic E-state index is 9.13. The number of aliphatic hydroxyl groups excluding tert-OH is 1. The summed E-state index contributed by atoms with van der Waals surface area (Å²) in [6.45, 7) is 3.94. The molecule has 0 saturated heterocycles. The van der Waals surface area contributed by atoms with E-state index in [0.717, 1.165) is 24.8 Å². The van der Waals surface area contributed by atoms with Crippen molar-refractivity contribution < 1.29 is 5.11 Å². The molecule has 0 amide bonds. The third kappa shape index (κ3) is 4.83. The predicted octanol–water partition coefficient (Wildman–Crippen LogP) is 2.68. The van der Waals surface area contributed by atoms with Gasteiger partial charge in [0.2, 0.25) is 0 Å². The van der Waals surface area contributed by atoms with Gasteiger partial charge in [0.05, 0.1) is 6.10 Å². The lowest BCUT2D eigenvalue weighted by molar-refractivity contribution is 0.160. The molecule has 2 heteroatoms. The van der Waals surface area contributed by atoms with Crippen LogP contribution in [0.5, 0.6) is 0 Å². The van der Waals surface area contributed by atoms with Crippen molar-refractivity contribution in [3.05, 3.63) is 11.1 Å². The summed E-state index contributed by atoms with van der Waals surface area (Å²) in [5.74, 6) is 0. The van der Waals surface area contributed by atoms with E-state index in [0.29, 0.717) is 0 Å². The molecule has 0 aliphatic carbocycles. The van der Waals surface area contributed by atoms with E-state index >= 15 is 0 Å². The Bertz CT molecular complexity index is 110. The van der Waals surface area contributed by atoms with Crippen LogP contribution in [0.3, 0.4) is 0 Å². The summed E-state index contributed by atoms with van der Waals surface area (Å²) in [5.41, 5.74) is 2.71. The van der Waals surface area contributed by atoms with Gasteiger partial charge in [0, 0.05) is 5.54 Å². The number of halogens is 1. The lowest BCUT2D eigenvalue weighted by atomic mass is 10.1. The average Bonchev–Trinajstić information content (AvgIpc) is 1.99. The summed E-state index contributed by atoms with van der Waals surface area (Å²) in [5, 5.41) is 9.13. The highest BCUT2D eigenvalue weighted by molar-refractivity contribution is 6.25. The molecule has 1 N–H and O–H groups in total. The first-order valence-corrected chi connectivity index (χ1v) is 4.08. The van der Waals surface area contributed by atoms with Gasteiger partial charge in [0.15, 0.2) is 0 Å². The van der Waals surface area contributed by atoms with E-state index in [4.69, 9.17) is 16.7 Å². The minimum atomic E-state index is -0.161. The quantitative estimate of drug-likeness (QED) is 0.674. The Morgan fingerprint density at radius 3 is 2.70 bits per heavy atom. The Hall–Kier alpha value is -0.0100. The molecule has 0 aromatic carbocycles. The number of rotatable bonds is 4. The van der Waals surface area contributed by atoms with Crippen molar-refractivity contribution in [2.45, 2.75) is 39.2 Å². The molecule has 0 saturated carbocycles. The van der Waals surface area contributed by atoms with Gasteiger partial charge >= 0.3 is 0 Å². The molecule has 0 radical (unpaired) electrons. The van der Waals surface area contributed by atoms with Gasteiger partial charge in [-0.3, -0.25) is 0 Å². The van der Waals surface area contributed by atoms with Gasteiger partial charge in [-0.2, -0.15) is 0 Å². The maximum absolute atomic E-state index is 9.13. The van der Waals surface area contributed by atoms with E-state index in [9.17, 15) is 0 Å². The molecule has 1 unspecified atom stereocenters. The smallest absolute Gasteiger partial charge is 0.0540 e. The normalized spacial score (nSPS) is 15.4. The highest BCUT2D eigenvalue weighted by Gasteiger charge is 1.99. The molecule has 0 aliphatic heterocycles. The number of aliphatic hydroxyl groups is 1. The summed E-state index contributed by atoms with van der Waals surface area (Å²) in [6.07, 6.45) is 2.39. The summed E-state index contributed by atoms with van der Waals surface area (Å²) in [6, 6.07) is 0. The van der Waals surface area contributed by atoms with Crippen molar-refractivity contribution in [1.29, 1.82) is 0 Å². The van der Waals surface area contributed by atoms with Crippen LogP contribution < -0.4 is 0 Å². The second-order valence-corrected chi connectivity index (χ2v) is 2.77. The van der Waals surface area contributed by atoms with Crippen LogP contribution in [0.2, 0.25) is 0 Å². The first-order chi connectivity index (χ1) is 4.70. The van der Waals surface area contributed by atoms with Crippen LogP contribution in [0.25, 0.3) is 0 Å². The topological polar surface area (TPSA) is 20.2 Å². The second kappa shape index (κ2) is 5.75. The van der Waals surface area contributed by atoms with Gasteiger partial charge in [-0.05, 0) is 26.2 Å². The van der Waals surface area contributed by atoms with E-state index < -0.39 is 0 Å². The fraction of sp³-hybridized carbons (Fsp3) is 0.750. The Kier molecular flexibility index (Phi) is 5.74. The molecule has 0 rings (SSSR count). The van der Waals surface area contributed by atoms with Gasteiger partial charge in [-0.25, -0.2) is 0 Å². The fourth-order valence-corrected chi connectivity index (χ4v) is 0.762. The van der Waals surface area contributed by atoms with Gasteiger partial charge < -0.3 is 5.11 Å². The van der Waals surface area contributed by atoms with Crippen LogP contribution in [-0.4, -0.2) is 11.2 Å². The van der Waals surface area contributed by atoms with Gasteiger partial charge in [0.1, 0.15) is 0 Å². The Balaban J connectivity index is 3.35. The molecule has 0 spiro atoms. The third-order valence-corrected chi connectivity index (χ3v) is 1.90. The van der Waals surface area contributed by atoms with Gasteiger partial charge in [-0.15, -0.1) is 0 Å². The van der Waals surface area contributed by atoms with E-state index in [1.165, 1.54) is 0 Å². The Morgan fingerprint density at radius 2 is 2.30 bits per heavy atom. The van der Waals surface area contributed by atoms with Crippen molar-refractivity contribution in [3.8, 4) is 0 Å². The number of hydrogen-bond acceptors (Lipinski definition) is 1. The summed E-state index contributed by atoms with van der Waals surface area (Å²) in [7, 11) is 0. The van der Waals surface area contributed by atoms with Crippen LogP contribution in [0.1, 0.15) is 33.1 Å². The average molecular weight is 163 g/mol. The van der Waals surface area contributed by atoms with Crippen LogP contribution in [-0.2, 0) is 0 Å². The zero-order valence-electron chi connectivity index (χ0n) is 6.60. The molecule has 60 valence electrons. The minimum Gasteiger partial charge on any atom is -0.393 e. The van der Waals surface area contributed by atoms with Crippen LogP contribution in [0.15, 0.2) is 11.1 Å². The highest BCUT2D eigenvalue weighted by Crippen LogP contribution is 2.09. The molecule has 0 aliphatic rings. The molecular formula is C8H15ClO. The highest BCUT2D eigenvalue weighted by atomic mass is 35.5. The van der Waals surface area contributed by atoms with Crippen molar-refractivity contribution in [2.75, 3.05) is 0 Å². The first-order valence-electron chi connectivity index (χ1n) is 3.64. The maximum Gasteiger partial charge on any atom is 0.0540 e. The van der Waals surface area contributed by atoms with Gasteiger partial charge in [0.25, 0.3) is 0 Å². The second-order valence-electron chi connectivity index (χ2n) is 2.56. The van der Waals surface area contributed by atoms with Crippen molar-refractivity contribution in [3.63, 3.8) is 0 Å². The third-order valence-electron chi connectivity index (χ3n) is 1.53. The van der Waals surface area contributed by atoms with Crippen molar-refractivity contribution in [1.82, 2.24) is 0 Å². The SMILES string of the molecule is CCC(O)CC/C(C)=C/Cl. The monoisotopic (exact) mass is 162 g/mol. The zero-order valence-corrected chi connectivity index (χ0v) is 7.36. The molecule has 1 atom stereocenters. The fourth-order valence-electron chi connectivity index (χ4n) is 0.653. The van der Waals surface area contributed by atoms with Crippen LogP contribution >= 0.6 is 11.6 Å². The molecular weight excluding hydrogens is 148 g/mol. The summed E-state index contributed by atoms with van der Waals surface area (Å²) in [4.78, 5) is 0.